The number of nitrogens with zero attached hydrogens (tertiary/aromatic N) is 1. The van der Waals surface area contributed by atoms with Crippen LogP contribution in [-0.4, -0.2) is 31.9 Å². The lowest BCUT2D eigenvalue weighted by Crippen LogP contribution is -2.32. The van der Waals surface area contributed by atoms with Gasteiger partial charge in [0.15, 0.2) is 0 Å². The van der Waals surface area contributed by atoms with Crippen LogP contribution in [0, 0.1) is 13.8 Å². The van der Waals surface area contributed by atoms with Gasteiger partial charge in [-0.2, -0.15) is 0 Å². The van der Waals surface area contributed by atoms with E-state index in [1.807, 2.05) is 20.8 Å². The van der Waals surface area contributed by atoms with Crippen LogP contribution in [0.15, 0.2) is 4.52 Å². The van der Waals surface area contributed by atoms with Crippen LogP contribution >= 0.6 is 0 Å². The average molecular weight is 303 g/mol. The number of aryl methyl sites for hydroxylation is 2. The Morgan fingerprint density at radius 2 is 1.90 bits per heavy atom. The number of nitrogens with one attached hydrogen (secondary N) is 2. The van der Waals surface area contributed by atoms with Gasteiger partial charge in [0.2, 0.25) is 10.0 Å². The molecule has 1 heterocycles. The second-order valence-electron chi connectivity index (χ2n) is 5.36. The topological polar surface area (TPSA) is 84.2 Å². The molecule has 1 unspecified atom stereocenters. The van der Waals surface area contributed by atoms with Crippen molar-refractivity contribution in [1.82, 2.24) is 15.2 Å². The smallest absolute Gasteiger partial charge is 0.212 e. The zero-order chi connectivity index (χ0) is 15.3. The average Bonchev–Trinajstić information content (AvgIpc) is 2.64. The molecule has 7 heteroatoms. The molecule has 1 aromatic rings. The highest BCUT2D eigenvalue weighted by Crippen LogP contribution is 2.21. The summed E-state index contributed by atoms with van der Waals surface area (Å²) in [7, 11) is -3.30. The van der Waals surface area contributed by atoms with Crippen molar-refractivity contribution in [3.05, 3.63) is 17.0 Å². The van der Waals surface area contributed by atoms with Crippen LogP contribution in [0.4, 0.5) is 0 Å². The normalized spacial score (nSPS) is 13.9. The summed E-state index contributed by atoms with van der Waals surface area (Å²) in [5.74, 6) is 0.764. The molecule has 0 aliphatic rings. The quantitative estimate of drug-likeness (QED) is 0.714. The van der Waals surface area contributed by atoms with Crippen molar-refractivity contribution in [3.63, 3.8) is 0 Å². The molecule has 0 bridgehead atoms. The monoisotopic (exact) mass is 303 g/mol. The van der Waals surface area contributed by atoms with E-state index in [0.717, 1.165) is 11.3 Å². The minimum Gasteiger partial charge on any atom is -0.361 e. The second kappa shape index (κ2) is 7.19. The number of sulfonamides is 1. The molecule has 0 radical (unpaired) electrons. The van der Waals surface area contributed by atoms with Crippen LogP contribution in [0.25, 0.3) is 0 Å². The summed E-state index contributed by atoms with van der Waals surface area (Å²) in [4.78, 5) is 0. The maximum atomic E-state index is 12.0. The van der Waals surface area contributed by atoms with E-state index in [9.17, 15) is 8.42 Å². The molecule has 0 aromatic carbocycles. The molecule has 0 saturated heterocycles. The van der Waals surface area contributed by atoms with Crippen molar-refractivity contribution in [1.29, 1.82) is 0 Å². The molecular formula is C13H25N3O3S. The number of hydrogen-bond acceptors (Lipinski definition) is 5. The van der Waals surface area contributed by atoms with Gasteiger partial charge in [-0.15, -0.1) is 0 Å². The van der Waals surface area contributed by atoms with E-state index in [4.69, 9.17) is 4.52 Å². The van der Waals surface area contributed by atoms with Gasteiger partial charge >= 0.3 is 0 Å². The van der Waals surface area contributed by atoms with Crippen LogP contribution in [0.2, 0.25) is 0 Å². The third kappa shape index (κ3) is 5.22. The molecule has 0 aliphatic carbocycles. The van der Waals surface area contributed by atoms with Crippen molar-refractivity contribution in [2.45, 2.75) is 53.1 Å². The predicted molar refractivity (Wildman–Crippen MR) is 79.1 cm³/mol. The lowest BCUT2D eigenvalue weighted by molar-refractivity contribution is 0.391. The van der Waals surface area contributed by atoms with E-state index in [2.05, 4.69) is 15.2 Å². The molecule has 0 spiro atoms. The highest BCUT2D eigenvalue weighted by Gasteiger charge is 2.21. The number of hydrogen-bond donors (Lipinski definition) is 2. The van der Waals surface area contributed by atoms with Crippen molar-refractivity contribution in [2.75, 3.05) is 12.3 Å². The SMILES string of the molecule is Cc1noc(C)c1C(C)NS(=O)(=O)CCCNC(C)C. The number of rotatable bonds is 8. The Kier molecular flexibility index (Phi) is 6.16. The summed E-state index contributed by atoms with van der Waals surface area (Å²) in [6, 6.07) is 0.0381. The molecule has 0 aliphatic heterocycles. The minimum absolute atomic E-state index is 0.112. The molecule has 6 nitrogen and oxygen atoms in total. The third-order valence-corrected chi connectivity index (χ3v) is 4.56. The van der Waals surface area contributed by atoms with E-state index in [0.29, 0.717) is 24.8 Å². The lowest BCUT2D eigenvalue weighted by Gasteiger charge is -2.14. The van der Waals surface area contributed by atoms with Gasteiger partial charge in [-0.3, -0.25) is 0 Å². The first-order valence-electron chi connectivity index (χ1n) is 6.89. The molecular weight excluding hydrogens is 278 g/mol. The lowest BCUT2D eigenvalue weighted by atomic mass is 10.1. The Balaban J connectivity index is 2.54. The summed E-state index contributed by atoms with van der Waals surface area (Å²) in [6.07, 6.45) is 0.585. The van der Waals surface area contributed by atoms with E-state index >= 15 is 0 Å². The molecule has 1 aromatic heterocycles. The Morgan fingerprint density at radius 1 is 1.25 bits per heavy atom. The largest absolute Gasteiger partial charge is 0.361 e. The van der Waals surface area contributed by atoms with Crippen LogP contribution in [0.1, 0.15) is 50.3 Å². The fourth-order valence-corrected chi connectivity index (χ4v) is 3.45. The Labute approximate surface area is 121 Å². The molecule has 1 atom stereocenters. The highest BCUT2D eigenvalue weighted by atomic mass is 32.2. The summed E-state index contributed by atoms with van der Waals surface area (Å²) in [5, 5.41) is 7.04. The van der Waals surface area contributed by atoms with Crippen LogP contribution in [-0.2, 0) is 10.0 Å². The second-order valence-corrected chi connectivity index (χ2v) is 7.23. The van der Waals surface area contributed by atoms with Crippen molar-refractivity contribution < 1.29 is 12.9 Å². The zero-order valence-corrected chi connectivity index (χ0v) is 13.7. The Morgan fingerprint density at radius 3 is 2.40 bits per heavy atom. The van der Waals surface area contributed by atoms with Gasteiger partial charge in [-0.05, 0) is 33.7 Å². The van der Waals surface area contributed by atoms with Gasteiger partial charge in [0.25, 0.3) is 0 Å². The first-order valence-corrected chi connectivity index (χ1v) is 8.54. The molecule has 1 rings (SSSR count). The van der Waals surface area contributed by atoms with Crippen LogP contribution in [0.5, 0.6) is 0 Å². The van der Waals surface area contributed by atoms with Gasteiger partial charge < -0.3 is 9.84 Å². The van der Waals surface area contributed by atoms with Crippen LogP contribution < -0.4 is 10.0 Å². The molecule has 116 valence electrons. The molecule has 0 fully saturated rings. The summed E-state index contributed by atoms with van der Waals surface area (Å²) in [6.45, 7) is 10.2. The van der Waals surface area contributed by atoms with Crippen molar-refractivity contribution in [3.8, 4) is 0 Å². The third-order valence-electron chi connectivity index (χ3n) is 3.02. The maximum absolute atomic E-state index is 12.0. The van der Waals surface area contributed by atoms with Gasteiger partial charge in [-0.25, -0.2) is 13.1 Å². The van der Waals surface area contributed by atoms with Crippen LogP contribution in [0.3, 0.4) is 0 Å². The van der Waals surface area contributed by atoms with E-state index in [1.54, 1.807) is 13.8 Å². The van der Waals surface area contributed by atoms with Gasteiger partial charge in [0.1, 0.15) is 5.76 Å². The maximum Gasteiger partial charge on any atom is 0.212 e. The fourth-order valence-electron chi connectivity index (χ4n) is 2.15. The molecule has 0 amide bonds. The summed E-state index contributed by atoms with van der Waals surface area (Å²) < 4.78 is 31.8. The molecule has 2 N–H and O–H groups in total. The van der Waals surface area contributed by atoms with Crippen molar-refractivity contribution >= 4 is 10.0 Å². The Hall–Kier alpha value is -0.920. The molecule has 20 heavy (non-hydrogen) atoms. The number of aromatic nitrogens is 1. The van der Waals surface area contributed by atoms with E-state index < -0.39 is 10.0 Å². The fraction of sp³-hybridized carbons (Fsp3) is 0.769. The standard InChI is InChI=1S/C13H25N3O3S/c1-9(2)14-7-6-8-20(17,18)16-11(4)13-10(3)15-19-12(13)5/h9,11,14,16H,6-8H2,1-5H3. The van der Waals surface area contributed by atoms with Gasteiger partial charge in [-0.1, -0.05) is 19.0 Å². The summed E-state index contributed by atoms with van der Waals surface area (Å²) in [5.41, 5.74) is 1.54. The summed E-state index contributed by atoms with van der Waals surface area (Å²) >= 11 is 0. The first kappa shape index (κ1) is 17.1. The van der Waals surface area contributed by atoms with Crippen molar-refractivity contribution in [2.24, 2.45) is 0 Å². The van der Waals surface area contributed by atoms with E-state index in [1.165, 1.54) is 0 Å². The minimum atomic E-state index is -3.30. The van der Waals surface area contributed by atoms with E-state index in [-0.39, 0.29) is 11.8 Å². The predicted octanol–water partition coefficient (Wildman–Crippen LogP) is 1.66. The molecule has 0 saturated carbocycles. The van der Waals surface area contributed by atoms with Gasteiger partial charge in [0, 0.05) is 17.6 Å². The zero-order valence-electron chi connectivity index (χ0n) is 12.9. The van der Waals surface area contributed by atoms with Gasteiger partial charge in [0.05, 0.1) is 11.4 Å². The highest BCUT2D eigenvalue weighted by molar-refractivity contribution is 7.89. The Bertz CT molecular complexity index is 503. The first-order chi connectivity index (χ1) is 9.23.